The first-order chi connectivity index (χ1) is 11.0. The fourth-order valence-corrected chi connectivity index (χ4v) is 2.73. The van der Waals surface area contributed by atoms with Crippen molar-refractivity contribution in [1.82, 2.24) is 4.98 Å². The number of Topliss-reactive ketones (excluding diaryl/α,β-unsaturated/α-hetero) is 1. The topological polar surface area (TPSA) is 62.0 Å². The van der Waals surface area contributed by atoms with Gasteiger partial charge in [-0.15, -0.1) is 0 Å². The summed E-state index contributed by atoms with van der Waals surface area (Å²) in [5.41, 5.74) is 4.61. The number of amides is 1. The van der Waals surface area contributed by atoms with E-state index in [9.17, 15) is 9.59 Å². The Hall–Kier alpha value is -2.88. The highest BCUT2D eigenvalue weighted by atomic mass is 16.2. The van der Waals surface area contributed by atoms with Crippen LogP contribution in [-0.4, -0.2) is 16.7 Å². The lowest BCUT2D eigenvalue weighted by molar-refractivity contribution is -0.112. The van der Waals surface area contributed by atoms with Gasteiger partial charge in [-0.3, -0.25) is 9.59 Å². The number of ketones is 1. The highest BCUT2D eigenvalue weighted by Crippen LogP contribution is 2.23. The molecule has 4 heteroatoms. The molecule has 3 rings (SSSR count). The number of fused-ring (bicyclic) bond motifs is 1. The molecule has 3 aromatic rings. The van der Waals surface area contributed by atoms with Crippen molar-refractivity contribution in [2.24, 2.45) is 0 Å². The molecule has 0 fully saturated rings. The molecule has 2 aromatic carbocycles. The number of H-pyrrole nitrogens is 1. The third-order valence-corrected chi connectivity index (χ3v) is 3.97. The Balaban J connectivity index is 1.94. The Bertz CT molecular complexity index is 922. The predicted octanol–water partition coefficient (Wildman–Crippen LogP) is 3.91. The van der Waals surface area contributed by atoms with Crippen molar-refractivity contribution in [1.29, 1.82) is 0 Å². The number of aromatic nitrogens is 1. The summed E-state index contributed by atoms with van der Waals surface area (Å²) < 4.78 is 0. The van der Waals surface area contributed by atoms with E-state index in [-0.39, 0.29) is 0 Å². The van der Waals surface area contributed by atoms with E-state index in [0.717, 1.165) is 22.0 Å². The van der Waals surface area contributed by atoms with E-state index in [0.29, 0.717) is 16.9 Å². The minimum Gasteiger partial charge on any atom is -0.358 e. The number of aryl methyl sites for hydroxylation is 3. The molecule has 0 unspecified atom stereocenters. The van der Waals surface area contributed by atoms with Crippen molar-refractivity contribution < 1.29 is 9.59 Å². The van der Waals surface area contributed by atoms with Crippen LogP contribution >= 0.6 is 0 Å². The van der Waals surface area contributed by atoms with Gasteiger partial charge >= 0.3 is 0 Å². The molecule has 2 N–H and O–H groups in total. The van der Waals surface area contributed by atoms with Crippen LogP contribution in [0.5, 0.6) is 0 Å². The first-order valence-electron chi connectivity index (χ1n) is 7.47. The van der Waals surface area contributed by atoms with Gasteiger partial charge in [0.05, 0.1) is 5.56 Å². The van der Waals surface area contributed by atoms with Crippen LogP contribution in [0.1, 0.15) is 27.2 Å². The lowest BCUT2D eigenvalue weighted by Crippen LogP contribution is -2.23. The highest BCUT2D eigenvalue weighted by Gasteiger charge is 2.23. The number of rotatable bonds is 3. The molecule has 116 valence electrons. The van der Waals surface area contributed by atoms with Gasteiger partial charge in [-0.1, -0.05) is 30.3 Å². The molecule has 0 aliphatic heterocycles. The summed E-state index contributed by atoms with van der Waals surface area (Å²) in [6.45, 7) is 5.65. The fourth-order valence-electron chi connectivity index (χ4n) is 2.73. The lowest BCUT2D eigenvalue weighted by Gasteiger charge is -2.09. The predicted molar refractivity (Wildman–Crippen MR) is 91.9 cm³/mol. The van der Waals surface area contributed by atoms with Gasteiger partial charge in [-0.25, -0.2) is 0 Å². The van der Waals surface area contributed by atoms with Gasteiger partial charge in [-0.05, 0) is 44.0 Å². The van der Waals surface area contributed by atoms with Crippen LogP contribution in [0.2, 0.25) is 0 Å². The number of para-hydroxylation sites is 1. The first kappa shape index (κ1) is 15.0. The van der Waals surface area contributed by atoms with Crippen LogP contribution in [0.15, 0.2) is 42.5 Å². The zero-order chi connectivity index (χ0) is 16.6. The first-order valence-corrected chi connectivity index (χ1v) is 7.47. The number of carbonyl (C=O) groups is 2. The van der Waals surface area contributed by atoms with Gasteiger partial charge in [0.15, 0.2) is 0 Å². The van der Waals surface area contributed by atoms with E-state index in [1.165, 1.54) is 0 Å². The minimum atomic E-state index is -0.619. The number of carbonyl (C=O) groups excluding carboxylic acids is 2. The molecule has 0 aliphatic rings. The van der Waals surface area contributed by atoms with E-state index in [4.69, 9.17) is 0 Å². The SMILES string of the molecule is Cc1ccc(C)c(NC(=O)C(=O)c2c(C)[nH]c3ccccc23)c1. The van der Waals surface area contributed by atoms with Crippen LogP contribution in [0.3, 0.4) is 0 Å². The van der Waals surface area contributed by atoms with Crippen molar-refractivity contribution in [2.75, 3.05) is 5.32 Å². The zero-order valence-electron chi connectivity index (χ0n) is 13.4. The van der Waals surface area contributed by atoms with Crippen LogP contribution in [0.4, 0.5) is 5.69 Å². The van der Waals surface area contributed by atoms with E-state index < -0.39 is 11.7 Å². The molecule has 1 aromatic heterocycles. The normalized spacial score (nSPS) is 10.7. The van der Waals surface area contributed by atoms with Gasteiger partial charge in [0, 0.05) is 22.3 Å². The maximum absolute atomic E-state index is 12.6. The van der Waals surface area contributed by atoms with E-state index in [2.05, 4.69) is 10.3 Å². The van der Waals surface area contributed by atoms with Crippen LogP contribution < -0.4 is 5.32 Å². The number of hydrogen-bond acceptors (Lipinski definition) is 2. The van der Waals surface area contributed by atoms with Gasteiger partial charge in [-0.2, -0.15) is 0 Å². The lowest BCUT2D eigenvalue weighted by atomic mass is 10.1. The quantitative estimate of drug-likeness (QED) is 0.569. The summed E-state index contributed by atoms with van der Waals surface area (Å²) in [5.74, 6) is -1.15. The van der Waals surface area contributed by atoms with Crippen molar-refractivity contribution in [2.45, 2.75) is 20.8 Å². The zero-order valence-corrected chi connectivity index (χ0v) is 13.4. The van der Waals surface area contributed by atoms with Crippen molar-refractivity contribution >= 4 is 28.3 Å². The summed E-state index contributed by atoms with van der Waals surface area (Å²) in [5, 5.41) is 3.50. The summed E-state index contributed by atoms with van der Waals surface area (Å²) in [4.78, 5) is 28.2. The number of benzene rings is 2. The number of hydrogen-bond donors (Lipinski definition) is 2. The molecule has 0 saturated carbocycles. The molecule has 4 nitrogen and oxygen atoms in total. The average molecular weight is 306 g/mol. The molecule has 0 bridgehead atoms. The van der Waals surface area contributed by atoms with Crippen LogP contribution in [0.25, 0.3) is 10.9 Å². The van der Waals surface area contributed by atoms with Gasteiger partial charge in [0.25, 0.3) is 11.7 Å². The summed E-state index contributed by atoms with van der Waals surface area (Å²) >= 11 is 0. The Morgan fingerprint density at radius 3 is 2.52 bits per heavy atom. The van der Waals surface area contributed by atoms with E-state index in [1.807, 2.05) is 56.3 Å². The molecule has 0 spiro atoms. The minimum absolute atomic E-state index is 0.434. The molecule has 0 radical (unpaired) electrons. The summed E-state index contributed by atoms with van der Waals surface area (Å²) in [7, 11) is 0. The number of nitrogens with one attached hydrogen (secondary N) is 2. The molecule has 0 aliphatic carbocycles. The Morgan fingerprint density at radius 2 is 1.74 bits per heavy atom. The largest absolute Gasteiger partial charge is 0.358 e. The highest BCUT2D eigenvalue weighted by molar-refractivity contribution is 6.48. The molecular weight excluding hydrogens is 288 g/mol. The maximum atomic E-state index is 12.6. The Labute approximate surface area is 134 Å². The standard InChI is InChI=1S/C19H18N2O2/c1-11-8-9-12(2)16(10-11)21-19(23)18(22)17-13(3)20-15-7-5-4-6-14(15)17/h4-10,20H,1-3H3,(H,21,23). The molecule has 0 saturated heterocycles. The van der Waals surface area contributed by atoms with Crippen LogP contribution in [0, 0.1) is 20.8 Å². The molecule has 23 heavy (non-hydrogen) atoms. The number of aromatic amines is 1. The summed E-state index contributed by atoms with van der Waals surface area (Å²) in [6.07, 6.45) is 0. The van der Waals surface area contributed by atoms with E-state index >= 15 is 0 Å². The average Bonchev–Trinajstić information content (AvgIpc) is 2.86. The smallest absolute Gasteiger partial charge is 0.296 e. The Morgan fingerprint density at radius 1 is 1.00 bits per heavy atom. The van der Waals surface area contributed by atoms with Crippen molar-refractivity contribution in [3.63, 3.8) is 0 Å². The Kier molecular flexibility index (Phi) is 3.74. The van der Waals surface area contributed by atoms with Crippen molar-refractivity contribution in [3.05, 3.63) is 64.8 Å². The summed E-state index contributed by atoms with van der Waals surface area (Å²) in [6, 6.07) is 13.2. The van der Waals surface area contributed by atoms with Crippen molar-refractivity contribution in [3.8, 4) is 0 Å². The second-order valence-electron chi connectivity index (χ2n) is 5.77. The van der Waals surface area contributed by atoms with E-state index in [1.54, 1.807) is 6.92 Å². The van der Waals surface area contributed by atoms with Gasteiger partial charge < -0.3 is 10.3 Å². The maximum Gasteiger partial charge on any atom is 0.296 e. The molecular formula is C19H18N2O2. The van der Waals surface area contributed by atoms with Gasteiger partial charge in [0.2, 0.25) is 0 Å². The molecule has 1 amide bonds. The third kappa shape index (κ3) is 2.75. The molecule has 0 atom stereocenters. The second kappa shape index (κ2) is 5.72. The monoisotopic (exact) mass is 306 g/mol. The molecule has 1 heterocycles. The van der Waals surface area contributed by atoms with Gasteiger partial charge in [0.1, 0.15) is 0 Å². The third-order valence-electron chi connectivity index (χ3n) is 3.97. The second-order valence-corrected chi connectivity index (χ2v) is 5.77. The fraction of sp³-hybridized carbons (Fsp3) is 0.158. The number of anilines is 1. The van der Waals surface area contributed by atoms with Crippen LogP contribution in [-0.2, 0) is 4.79 Å².